The molecule has 0 atom stereocenters. The molecule has 0 saturated carbocycles. The van der Waals surface area contributed by atoms with Crippen molar-refractivity contribution in [3.05, 3.63) is 182 Å². The summed E-state index contributed by atoms with van der Waals surface area (Å²) < 4.78 is 4.68. The highest BCUT2D eigenvalue weighted by molar-refractivity contribution is 7.26. The van der Waals surface area contributed by atoms with Crippen molar-refractivity contribution in [3.8, 4) is 62.1 Å². The highest BCUT2D eigenvalue weighted by Crippen LogP contribution is 2.45. The van der Waals surface area contributed by atoms with Gasteiger partial charge in [-0.2, -0.15) is 0 Å². The molecule has 0 aliphatic heterocycles. The maximum atomic E-state index is 5.24. The number of thiophene rings is 1. The molecule has 5 heteroatoms. The van der Waals surface area contributed by atoms with Crippen LogP contribution in [0, 0.1) is 0 Å². The quantitative estimate of drug-likeness (QED) is 0.175. The summed E-state index contributed by atoms with van der Waals surface area (Å²) in [6.45, 7) is 0. The molecule has 244 valence electrons. The number of imidazole rings is 1. The Morgan fingerprint density at radius 2 is 1.06 bits per heavy atom. The molecule has 0 bridgehead atoms. The zero-order chi connectivity index (χ0) is 34.4. The third kappa shape index (κ3) is 5.18. The fourth-order valence-corrected chi connectivity index (χ4v) is 8.43. The van der Waals surface area contributed by atoms with Crippen LogP contribution in [0.25, 0.3) is 93.3 Å². The highest BCUT2D eigenvalue weighted by atomic mass is 32.1. The van der Waals surface area contributed by atoms with E-state index >= 15 is 0 Å². The van der Waals surface area contributed by atoms with Crippen LogP contribution < -0.4 is 0 Å². The molecule has 10 aromatic rings. The molecule has 0 unspecified atom stereocenters. The molecule has 10 rings (SSSR count). The fourth-order valence-electron chi connectivity index (χ4n) is 7.20. The second kappa shape index (κ2) is 12.6. The lowest BCUT2D eigenvalue weighted by atomic mass is 9.99. The van der Waals surface area contributed by atoms with E-state index in [1.54, 1.807) is 0 Å². The van der Waals surface area contributed by atoms with Gasteiger partial charge in [-0.1, -0.05) is 140 Å². The summed E-state index contributed by atoms with van der Waals surface area (Å²) in [5.74, 6) is 1.63. The van der Waals surface area contributed by atoms with Crippen LogP contribution in [-0.4, -0.2) is 19.5 Å². The predicted molar refractivity (Wildman–Crippen MR) is 217 cm³/mol. The van der Waals surface area contributed by atoms with Crippen molar-refractivity contribution in [2.24, 2.45) is 0 Å². The van der Waals surface area contributed by atoms with Crippen molar-refractivity contribution < 1.29 is 0 Å². The summed E-state index contributed by atoms with van der Waals surface area (Å²) in [5, 5.41) is 2.38. The topological polar surface area (TPSA) is 43.6 Å². The fraction of sp³-hybridized carbons (Fsp3) is 0. The Bertz CT molecular complexity index is 2880. The second-order valence-electron chi connectivity index (χ2n) is 12.8. The number of hydrogen-bond acceptors (Lipinski definition) is 4. The van der Waals surface area contributed by atoms with Gasteiger partial charge in [0.1, 0.15) is 5.82 Å². The normalized spacial score (nSPS) is 11.5. The molecule has 0 radical (unpaired) electrons. The Labute approximate surface area is 305 Å². The third-order valence-electron chi connectivity index (χ3n) is 9.66. The number of aromatic nitrogens is 4. The van der Waals surface area contributed by atoms with E-state index in [1.165, 1.54) is 31.3 Å². The molecule has 3 aromatic heterocycles. The minimum atomic E-state index is 0.703. The summed E-state index contributed by atoms with van der Waals surface area (Å²) in [7, 11) is 0. The van der Waals surface area contributed by atoms with E-state index in [2.05, 4.69) is 162 Å². The molecule has 0 aliphatic carbocycles. The average molecular weight is 683 g/mol. The Balaban J connectivity index is 1.17. The zero-order valence-electron chi connectivity index (χ0n) is 28.0. The van der Waals surface area contributed by atoms with Crippen molar-refractivity contribution in [2.45, 2.75) is 0 Å². The van der Waals surface area contributed by atoms with E-state index in [0.717, 1.165) is 56.2 Å². The number of fused-ring (bicyclic) bond motifs is 4. The van der Waals surface area contributed by atoms with Gasteiger partial charge < -0.3 is 0 Å². The van der Waals surface area contributed by atoms with Gasteiger partial charge in [0.05, 0.1) is 22.4 Å². The minimum absolute atomic E-state index is 0.703. The Morgan fingerprint density at radius 3 is 1.85 bits per heavy atom. The maximum Gasteiger partial charge on any atom is 0.160 e. The second-order valence-corrected chi connectivity index (χ2v) is 13.9. The van der Waals surface area contributed by atoms with Crippen molar-refractivity contribution in [1.82, 2.24) is 19.5 Å². The molecule has 4 nitrogen and oxygen atoms in total. The monoisotopic (exact) mass is 682 g/mol. The smallest absolute Gasteiger partial charge is 0.160 e. The maximum absolute atomic E-state index is 5.24. The van der Waals surface area contributed by atoms with Gasteiger partial charge in [-0.05, 0) is 53.6 Å². The number of nitrogens with zero attached hydrogens (tertiary/aromatic N) is 4. The van der Waals surface area contributed by atoms with Gasteiger partial charge in [0.15, 0.2) is 5.82 Å². The van der Waals surface area contributed by atoms with E-state index in [9.17, 15) is 0 Å². The van der Waals surface area contributed by atoms with Gasteiger partial charge in [-0.25, -0.2) is 15.0 Å². The molecule has 0 amide bonds. The lowest BCUT2D eigenvalue weighted by Crippen LogP contribution is -1.97. The van der Waals surface area contributed by atoms with Crippen LogP contribution in [0.5, 0.6) is 0 Å². The van der Waals surface area contributed by atoms with Crippen molar-refractivity contribution >= 4 is 42.5 Å². The van der Waals surface area contributed by atoms with Gasteiger partial charge in [0.25, 0.3) is 0 Å². The van der Waals surface area contributed by atoms with Gasteiger partial charge in [0.2, 0.25) is 0 Å². The van der Waals surface area contributed by atoms with E-state index in [0.29, 0.717) is 5.82 Å². The van der Waals surface area contributed by atoms with Crippen molar-refractivity contribution in [3.63, 3.8) is 0 Å². The number of rotatable bonds is 6. The van der Waals surface area contributed by atoms with Crippen LogP contribution in [0.3, 0.4) is 0 Å². The lowest BCUT2D eigenvalue weighted by molar-refractivity contribution is 1.11. The van der Waals surface area contributed by atoms with Crippen LogP contribution in [0.4, 0.5) is 0 Å². The molecule has 0 spiro atoms. The highest BCUT2D eigenvalue weighted by Gasteiger charge is 2.21. The van der Waals surface area contributed by atoms with Gasteiger partial charge in [-0.3, -0.25) is 4.57 Å². The standard InChI is InChI=1S/C47H30N4S/c1-4-14-31(15-5-1)32-26-28-33(29-27-32)40-30-41(49-46(48-40)34-16-6-2-7-17-34)36-20-13-25-43-44(36)37-21-12-22-38(45(37)52-43)47-50-39-23-10-11-24-42(39)51(47)35-18-8-3-9-19-35/h1-30H. The average Bonchev–Trinajstić information content (AvgIpc) is 3.81. The molecule has 7 aromatic carbocycles. The van der Waals surface area contributed by atoms with Crippen molar-refractivity contribution in [1.29, 1.82) is 0 Å². The summed E-state index contributed by atoms with van der Waals surface area (Å²) in [4.78, 5) is 15.6. The summed E-state index contributed by atoms with van der Waals surface area (Å²) in [5.41, 5.74) is 11.5. The molecule has 0 N–H and O–H groups in total. The van der Waals surface area contributed by atoms with Crippen LogP contribution in [0.2, 0.25) is 0 Å². The predicted octanol–water partition coefficient (Wildman–Crippen LogP) is 12.5. The van der Waals surface area contributed by atoms with E-state index < -0.39 is 0 Å². The minimum Gasteiger partial charge on any atom is -0.292 e. The van der Waals surface area contributed by atoms with Crippen molar-refractivity contribution in [2.75, 3.05) is 0 Å². The summed E-state index contributed by atoms with van der Waals surface area (Å²) in [6.07, 6.45) is 0. The number of para-hydroxylation sites is 3. The molecule has 0 aliphatic rings. The van der Waals surface area contributed by atoms with E-state index in [1.807, 2.05) is 35.6 Å². The SMILES string of the molecule is c1ccc(-c2ccc(-c3cc(-c4cccc5sc6c(-c7nc8ccccc8n7-c7ccccc7)cccc6c45)nc(-c4ccccc4)n3)cc2)cc1. The van der Waals surface area contributed by atoms with Gasteiger partial charge in [-0.15, -0.1) is 11.3 Å². The first-order valence-electron chi connectivity index (χ1n) is 17.4. The first-order chi connectivity index (χ1) is 25.8. The lowest BCUT2D eigenvalue weighted by Gasteiger charge is -2.11. The molecular weight excluding hydrogens is 653 g/mol. The Hall–Kier alpha value is -6.69. The van der Waals surface area contributed by atoms with Gasteiger partial charge in [0, 0.05) is 48.1 Å². The number of hydrogen-bond donors (Lipinski definition) is 0. The number of benzene rings is 7. The molecule has 52 heavy (non-hydrogen) atoms. The molecule has 3 heterocycles. The first-order valence-corrected chi connectivity index (χ1v) is 18.2. The van der Waals surface area contributed by atoms with E-state index in [4.69, 9.17) is 15.0 Å². The Kier molecular flexibility index (Phi) is 7.29. The Morgan fingerprint density at radius 1 is 0.442 bits per heavy atom. The molecular formula is C47H30N4S. The van der Waals surface area contributed by atoms with Crippen LogP contribution in [0.1, 0.15) is 0 Å². The van der Waals surface area contributed by atoms with Gasteiger partial charge >= 0.3 is 0 Å². The molecule has 0 fully saturated rings. The van der Waals surface area contributed by atoms with Crippen LogP contribution in [-0.2, 0) is 0 Å². The largest absolute Gasteiger partial charge is 0.292 e. The summed E-state index contributed by atoms with van der Waals surface area (Å²) in [6, 6.07) is 63.6. The van der Waals surface area contributed by atoms with Crippen LogP contribution >= 0.6 is 11.3 Å². The summed E-state index contributed by atoms with van der Waals surface area (Å²) >= 11 is 1.81. The van der Waals surface area contributed by atoms with E-state index in [-0.39, 0.29) is 0 Å². The zero-order valence-corrected chi connectivity index (χ0v) is 28.8. The third-order valence-corrected chi connectivity index (χ3v) is 10.9. The molecule has 0 saturated heterocycles. The first kappa shape index (κ1) is 30.2. The van der Waals surface area contributed by atoms with Crippen LogP contribution in [0.15, 0.2) is 182 Å².